The van der Waals surface area contributed by atoms with Crippen LogP contribution in [0.2, 0.25) is 0 Å². The van der Waals surface area contributed by atoms with Gasteiger partial charge >= 0.3 is 0 Å². The number of benzene rings is 1. The van der Waals surface area contributed by atoms with E-state index in [4.69, 9.17) is 9.73 Å². The molecule has 0 atom stereocenters. The van der Waals surface area contributed by atoms with Crippen LogP contribution in [0.3, 0.4) is 0 Å². The Labute approximate surface area is 183 Å². The number of hydrogen-bond acceptors (Lipinski definition) is 6. The third-order valence-electron chi connectivity index (χ3n) is 5.49. The van der Waals surface area contributed by atoms with Gasteiger partial charge in [-0.05, 0) is 12.0 Å². The van der Waals surface area contributed by atoms with Crippen LogP contribution in [0.25, 0.3) is 0 Å². The molecule has 2 aliphatic rings. The van der Waals surface area contributed by atoms with Crippen LogP contribution >= 0.6 is 0 Å². The highest BCUT2D eigenvalue weighted by molar-refractivity contribution is 5.80. The van der Waals surface area contributed by atoms with Crippen LogP contribution in [-0.2, 0) is 16.1 Å². The molecular formula is C21H32N6O4. The smallest absolute Gasteiger partial charge is 0.269 e. The first-order valence-electron chi connectivity index (χ1n) is 10.9. The van der Waals surface area contributed by atoms with Crippen molar-refractivity contribution in [3.05, 3.63) is 39.9 Å². The second kappa shape index (κ2) is 11.6. The van der Waals surface area contributed by atoms with E-state index in [1.54, 1.807) is 12.1 Å². The van der Waals surface area contributed by atoms with E-state index in [1.807, 2.05) is 4.90 Å². The number of guanidine groups is 1. The van der Waals surface area contributed by atoms with Crippen molar-refractivity contribution in [2.45, 2.75) is 19.9 Å². The lowest BCUT2D eigenvalue weighted by atomic mass is 10.2. The Morgan fingerprint density at radius 1 is 1.10 bits per heavy atom. The quantitative estimate of drug-likeness (QED) is 0.296. The summed E-state index contributed by atoms with van der Waals surface area (Å²) in [6, 6.07) is 6.50. The van der Waals surface area contributed by atoms with Gasteiger partial charge in [0.15, 0.2) is 5.96 Å². The Morgan fingerprint density at radius 2 is 1.77 bits per heavy atom. The summed E-state index contributed by atoms with van der Waals surface area (Å²) >= 11 is 0. The van der Waals surface area contributed by atoms with Gasteiger partial charge in [-0.1, -0.05) is 19.1 Å². The highest BCUT2D eigenvalue weighted by Crippen LogP contribution is 2.13. The van der Waals surface area contributed by atoms with Crippen molar-refractivity contribution >= 4 is 17.6 Å². The number of morpholine rings is 1. The van der Waals surface area contributed by atoms with Crippen molar-refractivity contribution in [3.63, 3.8) is 0 Å². The number of nitrogens with one attached hydrogen (secondary N) is 1. The number of piperazine rings is 1. The molecule has 0 aliphatic carbocycles. The van der Waals surface area contributed by atoms with Gasteiger partial charge in [-0.15, -0.1) is 0 Å². The minimum absolute atomic E-state index is 0.0832. The summed E-state index contributed by atoms with van der Waals surface area (Å²) in [6.07, 6.45) is 0.991. The molecule has 2 aliphatic heterocycles. The van der Waals surface area contributed by atoms with Crippen molar-refractivity contribution in [1.82, 2.24) is 20.0 Å². The fourth-order valence-corrected chi connectivity index (χ4v) is 3.62. The zero-order valence-electron chi connectivity index (χ0n) is 18.2. The number of ether oxygens (including phenoxy) is 1. The maximum atomic E-state index is 12.5. The molecule has 0 radical (unpaired) electrons. The van der Waals surface area contributed by atoms with E-state index in [0.29, 0.717) is 39.4 Å². The molecule has 31 heavy (non-hydrogen) atoms. The Bertz CT molecular complexity index is 756. The molecule has 0 bridgehead atoms. The van der Waals surface area contributed by atoms with Crippen LogP contribution in [0.5, 0.6) is 0 Å². The van der Waals surface area contributed by atoms with Crippen LogP contribution in [0.15, 0.2) is 29.3 Å². The average Bonchev–Trinajstić information content (AvgIpc) is 2.80. The van der Waals surface area contributed by atoms with Crippen molar-refractivity contribution in [3.8, 4) is 0 Å². The first kappa shape index (κ1) is 23.0. The summed E-state index contributed by atoms with van der Waals surface area (Å²) in [7, 11) is 0. The van der Waals surface area contributed by atoms with Gasteiger partial charge in [0.2, 0.25) is 5.91 Å². The van der Waals surface area contributed by atoms with Gasteiger partial charge in [-0.2, -0.15) is 0 Å². The molecule has 10 nitrogen and oxygen atoms in total. The number of carbonyl (C=O) groups excluding carboxylic acids is 1. The van der Waals surface area contributed by atoms with E-state index >= 15 is 0 Å². The van der Waals surface area contributed by atoms with Crippen molar-refractivity contribution in [2.24, 2.45) is 4.99 Å². The molecule has 2 fully saturated rings. The van der Waals surface area contributed by atoms with E-state index in [-0.39, 0.29) is 11.6 Å². The minimum atomic E-state index is -0.398. The summed E-state index contributed by atoms with van der Waals surface area (Å²) in [5.41, 5.74) is 1.01. The number of nitro benzene ring substituents is 1. The first-order valence-corrected chi connectivity index (χ1v) is 10.9. The zero-order chi connectivity index (χ0) is 22.1. The monoisotopic (exact) mass is 432 g/mol. The third-order valence-corrected chi connectivity index (χ3v) is 5.49. The van der Waals surface area contributed by atoms with Crippen LogP contribution in [0.4, 0.5) is 5.69 Å². The fraction of sp³-hybridized carbons (Fsp3) is 0.619. The molecule has 0 saturated carbocycles. The number of non-ortho nitro benzene ring substituents is 1. The highest BCUT2D eigenvalue weighted by atomic mass is 16.6. The molecule has 10 heteroatoms. The first-order chi connectivity index (χ1) is 15.1. The number of nitrogens with zero attached hydrogens (tertiary/aromatic N) is 5. The maximum absolute atomic E-state index is 12.5. The lowest BCUT2D eigenvalue weighted by Gasteiger charge is -2.37. The van der Waals surface area contributed by atoms with Gasteiger partial charge < -0.3 is 19.9 Å². The van der Waals surface area contributed by atoms with Crippen molar-refractivity contribution in [1.29, 1.82) is 0 Å². The number of aliphatic imine (C=N–C) groups is 1. The molecule has 170 valence electrons. The summed E-state index contributed by atoms with van der Waals surface area (Å²) in [6.45, 7) is 9.66. The van der Waals surface area contributed by atoms with Crippen LogP contribution in [-0.4, -0.2) is 97.1 Å². The number of hydrogen-bond donors (Lipinski definition) is 1. The second-order valence-electron chi connectivity index (χ2n) is 7.75. The third kappa shape index (κ3) is 6.90. The topological polar surface area (TPSA) is 104 Å². The van der Waals surface area contributed by atoms with E-state index < -0.39 is 4.92 Å². The molecular weight excluding hydrogens is 400 g/mol. The van der Waals surface area contributed by atoms with Gasteiger partial charge in [0.1, 0.15) is 0 Å². The summed E-state index contributed by atoms with van der Waals surface area (Å²) < 4.78 is 5.32. The minimum Gasteiger partial charge on any atom is -0.378 e. The molecule has 0 spiro atoms. The van der Waals surface area contributed by atoms with Crippen LogP contribution < -0.4 is 5.32 Å². The Hall–Kier alpha value is -2.72. The van der Waals surface area contributed by atoms with E-state index in [1.165, 1.54) is 12.1 Å². The number of rotatable bonds is 7. The number of carbonyl (C=O) groups is 1. The zero-order valence-corrected chi connectivity index (χ0v) is 18.2. The van der Waals surface area contributed by atoms with Gasteiger partial charge in [0.25, 0.3) is 5.69 Å². The Kier molecular flexibility index (Phi) is 8.60. The van der Waals surface area contributed by atoms with E-state index in [2.05, 4.69) is 22.0 Å². The predicted octanol–water partition coefficient (Wildman–Crippen LogP) is 0.927. The van der Waals surface area contributed by atoms with Crippen molar-refractivity contribution in [2.75, 3.05) is 65.6 Å². The Balaban J connectivity index is 1.53. The number of amides is 1. The van der Waals surface area contributed by atoms with Crippen LogP contribution in [0, 0.1) is 10.1 Å². The average molecular weight is 433 g/mol. The van der Waals surface area contributed by atoms with Gasteiger partial charge in [0.05, 0.1) is 31.2 Å². The SMILES string of the molecule is CCCNC(=NCc1ccc([N+](=O)[O-])cc1)N1CCN(CC(=O)N2CCOCC2)CC1. The molecule has 0 unspecified atom stereocenters. The van der Waals surface area contributed by atoms with Crippen molar-refractivity contribution < 1.29 is 14.5 Å². The summed E-state index contributed by atoms with van der Waals surface area (Å²) in [4.78, 5) is 33.9. The molecule has 1 aromatic carbocycles. The molecule has 1 amide bonds. The second-order valence-corrected chi connectivity index (χ2v) is 7.75. The molecule has 1 N–H and O–H groups in total. The van der Waals surface area contributed by atoms with Gasteiger partial charge in [-0.3, -0.25) is 19.8 Å². The van der Waals surface area contributed by atoms with Gasteiger partial charge in [-0.25, -0.2) is 4.99 Å². The molecule has 2 heterocycles. The largest absolute Gasteiger partial charge is 0.378 e. The standard InChI is InChI=1S/C21H32N6O4/c1-2-7-22-21(23-16-18-3-5-19(6-4-18)27(29)30)26-10-8-24(9-11-26)17-20(28)25-12-14-31-15-13-25/h3-6H,2,7-17H2,1H3,(H,22,23). The lowest BCUT2D eigenvalue weighted by molar-refractivity contribution is -0.384. The molecule has 3 rings (SSSR count). The Morgan fingerprint density at radius 3 is 2.39 bits per heavy atom. The lowest BCUT2D eigenvalue weighted by Crippen LogP contribution is -2.55. The summed E-state index contributed by atoms with van der Waals surface area (Å²) in [5.74, 6) is 1.02. The normalized spacial score (nSPS) is 18.2. The molecule has 1 aromatic rings. The maximum Gasteiger partial charge on any atom is 0.269 e. The fourth-order valence-electron chi connectivity index (χ4n) is 3.62. The summed E-state index contributed by atoms with van der Waals surface area (Å²) in [5, 5.41) is 14.2. The van der Waals surface area contributed by atoms with Crippen LogP contribution in [0.1, 0.15) is 18.9 Å². The predicted molar refractivity (Wildman–Crippen MR) is 118 cm³/mol. The number of nitro groups is 1. The van der Waals surface area contributed by atoms with Gasteiger partial charge in [0, 0.05) is 57.9 Å². The molecule has 0 aromatic heterocycles. The highest BCUT2D eigenvalue weighted by Gasteiger charge is 2.24. The molecule has 2 saturated heterocycles. The van der Waals surface area contributed by atoms with E-state index in [9.17, 15) is 14.9 Å². The van der Waals surface area contributed by atoms with E-state index in [0.717, 1.165) is 50.7 Å².